The largest absolute Gasteiger partial charge is 0.350 e. The van der Waals surface area contributed by atoms with Gasteiger partial charge in [-0.2, -0.15) is 0 Å². The van der Waals surface area contributed by atoms with Crippen molar-refractivity contribution in [3.8, 4) is 0 Å². The smallest absolute Gasteiger partial charge is 0.252 e. The molecule has 0 unspecified atom stereocenters. The molecule has 37 heavy (non-hydrogen) atoms. The van der Waals surface area contributed by atoms with Crippen molar-refractivity contribution >= 4 is 74.1 Å². The maximum atomic E-state index is 12.8. The van der Waals surface area contributed by atoms with E-state index in [1.165, 1.54) is 11.8 Å². The molecule has 8 heteroatoms. The van der Waals surface area contributed by atoms with Gasteiger partial charge in [0, 0.05) is 51.2 Å². The fraction of sp³-hybridized carbons (Fsp3) is 0.103. The van der Waals surface area contributed by atoms with Crippen molar-refractivity contribution in [2.24, 2.45) is 0 Å². The van der Waals surface area contributed by atoms with Gasteiger partial charge in [-0.25, -0.2) is 0 Å². The van der Waals surface area contributed by atoms with Crippen molar-refractivity contribution in [3.63, 3.8) is 0 Å². The van der Waals surface area contributed by atoms with E-state index in [1.807, 2.05) is 72.9 Å². The van der Waals surface area contributed by atoms with Gasteiger partial charge in [0.1, 0.15) is 0 Å². The van der Waals surface area contributed by atoms with Crippen molar-refractivity contribution < 1.29 is 9.59 Å². The van der Waals surface area contributed by atoms with Crippen molar-refractivity contribution in [2.45, 2.75) is 11.4 Å². The summed E-state index contributed by atoms with van der Waals surface area (Å²) in [6.07, 6.45) is 2.03. The summed E-state index contributed by atoms with van der Waals surface area (Å²) in [7, 11) is 0. The Hall–Kier alpha value is -3.45. The number of thioether (sulfide) groups is 1. The third kappa shape index (κ3) is 5.77. The van der Waals surface area contributed by atoms with Crippen molar-refractivity contribution in [3.05, 3.63) is 107 Å². The molecule has 0 aliphatic carbocycles. The number of para-hydroxylation sites is 1. The zero-order valence-corrected chi connectivity index (χ0v) is 22.0. The summed E-state index contributed by atoms with van der Waals surface area (Å²) in [6.45, 7) is 0.988. The number of carbonyl (C=O) groups is 2. The molecule has 2 amide bonds. The molecule has 5 rings (SSSR count). The molecule has 5 aromatic rings. The molecule has 1 aromatic heterocycles. The quantitative estimate of drug-likeness (QED) is 0.201. The SMILES string of the molecule is O=C(CSc1cn(CCNC(=O)c2ccc(Cl)cc2Cl)c2ccccc12)Nc1cccc2ccccc12. The van der Waals surface area contributed by atoms with E-state index in [2.05, 4.69) is 15.2 Å². The van der Waals surface area contributed by atoms with Gasteiger partial charge in [0.05, 0.1) is 16.3 Å². The summed E-state index contributed by atoms with van der Waals surface area (Å²) in [4.78, 5) is 26.4. The van der Waals surface area contributed by atoms with Crippen LogP contribution in [-0.4, -0.2) is 28.7 Å². The molecule has 1 heterocycles. The first-order chi connectivity index (χ1) is 18.0. The minimum atomic E-state index is -0.252. The van der Waals surface area contributed by atoms with Gasteiger partial charge in [-0.3, -0.25) is 9.59 Å². The number of rotatable bonds is 8. The van der Waals surface area contributed by atoms with Gasteiger partial charge in [0.25, 0.3) is 5.91 Å². The lowest BCUT2D eigenvalue weighted by Crippen LogP contribution is -2.27. The second kappa shape index (κ2) is 11.3. The highest BCUT2D eigenvalue weighted by Gasteiger charge is 2.13. The molecule has 0 fully saturated rings. The van der Waals surface area contributed by atoms with E-state index in [-0.39, 0.29) is 17.6 Å². The van der Waals surface area contributed by atoms with Crippen LogP contribution in [0, 0.1) is 0 Å². The summed E-state index contributed by atoms with van der Waals surface area (Å²) in [6, 6.07) is 26.7. The first kappa shape index (κ1) is 25.2. The number of hydrogen-bond donors (Lipinski definition) is 2. The van der Waals surface area contributed by atoms with E-state index in [1.54, 1.807) is 18.2 Å². The number of carbonyl (C=O) groups excluding carboxylic acids is 2. The Kier molecular flexibility index (Phi) is 7.70. The molecular formula is C29H23Cl2N3O2S. The maximum absolute atomic E-state index is 12.8. The molecular weight excluding hydrogens is 525 g/mol. The van der Waals surface area contributed by atoms with Crippen LogP contribution in [0.3, 0.4) is 0 Å². The molecule has 0 aliphatic heterocycles. The summed E-state index contributed by atoms with van der Waals surface area (Å²) in [5.41, 5.74) is 2.23. The summed E-state index contributed by atoms with van der Waals surface area (Å²) >= 11 is 13.6. The average molecular weight is 548 g/mol. The second-order valence-corrected chi connectivity index (χ2v) is 10.3. The van der Waals surface area contributed by atoms with Gasteiger partial charge in [-0.05, 0) is 35.7 Å². The van der Waals surface area contributed by atoms with Crippen molar-refractivity contribution in [1.82, 2.24) is 9.88 Å². The lowest BCUT2D eigenvalue weighted by molar-refractivity contribution is -0.113. The average Bonchev–Trinajstić information content (AvgIpc) is 3.25. The Labute approximate surface area is 228 Å². The van der Waals surface area contributed by atoms with E-state index in [9.17, 15) is 9.59 Å². The molecule has 4 aromatic carbocycles. The summed E-state index contributed by atoms with van der Waals surface area (Å²) in [5.74, 6) is -0.0358. The molecule has 0 atom stereocenters. The number of nitrogens with zero attached hydrogens (tertiary/aromatic N) is 1. The molecule has 0 saturated heterocycles. The number of hydrogen-bond acceptors (Lipinski definition) is 3. The molecule has 0 radical (unpaired) electrons. The lowest BCUT2D eigenvalue weighted by atomic mass is 10.1. The summed E-state index contributed by atoms with van der Waals surface area (Å²) in [5, 5.41) is 9.93. The molecule has 5 nitrogen and oxygen atoms in total. The minimum absolute atomic E-state index is 0.0645. The number of benzene rings is 4. The number of halogens is 2. The lowest BCUT2D eigenvalue weighted by Gasteiger charge is -2.09. The number of nitrogens with one attached hydrogen (secondary N) is 2. The van der Waals surface area contributed by atoms with E-state index in [0.29, 0.717) is 28.7 Å². The van der Waals surface area contributed by atoms with E-state index in [4.69, 9.17) is 23.2 Å². The molecule has 2 N–H and O–H groups in total. The monoisotopic (exact) mass is 547 g/mol. The van der Waals surface area contributed by atoms with Crippen LogP contribution < -0.4 is 10.6 Å². The molecule has 186 valence electrons. The number of aromatic nitrogens is 1. The van der Waals surface area contributed by atoms with Crippen LogP contribution in [0.15, 0.2) is 96.0 Å². The van der Waals surface area contributed by atoms with E-state index >= 15 is 0 Å². The van der Waals surface area contributed by atoms with Gasteiger partial charge in [-0.1, -0.05) is 77.8 Å². The van der Waals surface area contributed by atoms with Crippen LogP contribution in [0.5, 0.6) is 0 Å². The first-order valence-electron chi connectivity index (χ1n) is 11.7. The second-order valence-electron chi connectivity index (χ2n) is 8.45. The summed E-state index contributed by atoms with van der Waals surface area (Å²) < 4.78 is 2.09. The van der Waals surface area contributed by atoms with Crippen molar-refractivity contribution in [1.29, 1.82) is 0 Å². The topological polar surface area (TPSA) is 63.1 Å². The minimum Gasteiger partial charge on any atom is -0.350 e. The Bertz CT molecular complexity index is 1610. The fourth-order valence-corrected chi connectivity index (χ4v) is 5.62. The Morgan fingerprint density at radius 3 is 2.46 bits per heavy atom. The van der Waals surface area contributed by atoms with Gasteiger partial charge >= 0.3 is 0 Å². The first-order valence-corrected chi connectivity index (χ1v) is 13.5. The molecule has 0 aliphatic rings. The predicted molar refractivity (Wildman–Crippen MR) is 154 cm³/mol. The fourth-order valence-electron chi connectivity index (χ4n) is 4.24. The molecule has 0 bridgehead atoms. The van der Waals surface area contributed by atoms with Crippen LogP contribution in [-0.2, 0) is 11.3 Å². The van der Waals surface area contributed by atoms with Crippen LogP contribution in [0.1, 0.15) is 10.4 Å². The van der Waals surface area contributed by atoms with Gasteiger partial charge in [0.15, 0.2) is 0 Å². The highest BCUT2D eigenvalue weighted by Crippen LogP contribution is 2.30. The van der Waals surface area contributed by atoms with Gasteiger partial charge in [-0.15, -0.1) is 11.8 Å². The third-order valence-electron chi connectivity index (χ3n) is 5.99. The van der Waals surface area contributed by atoms with Gasteiger partial charge < -0.3 is 15.2 Å². The Morgan fingerprint density at radius 1 is 0.865 bits per heavy atom. The Balaban J connectivity index is 1.24. The van der Waals surface area contributed by atoms with Crippen LogP contribution in [0.4, 0.5) is 5.69 Å². The van der Waals surface area contributed by atoms with Crippen LogP contribution in [0.25, 0.3) is 21.7 Å². The Morgan fingerprint density at radius 2 is 1.62 bits per heavy atom. The standard InChI is InChI=1S/C29H23Cl2N3O2S/c30-20-12-13-22(24(31)16-20)29(36)32-14-15-34-17-27(23-9-3-4-11-26(23)34)37-18-28(35)33-25-10-5-7-19-6-1-2-8-21(19)25/h1-13,16-17H,14-15,18H2,(H,32,36)(H,33,35). The molecule has 0 spiro atoms. The number of fused-ring (bicyclic) bond motifs is 2. The number of amides is 2. The van der Waals surface area contributed by atoms with Crippen LogP contribution in [0.2, 0.25) is 10.0 Å². The zero-order valence-electron chi connectivity index (χ0n) is 19.7. The van der Waals surface area contributed by atoms with Crippen molar-refractivity contribution in [2.75, 3.05) is 17.6 Å². The highest BCUT2D eigenvalue weighted by atomic mass is 35.5. The normalized spacial score (nSPS) is 11.1. The maximum Gasteiger partial charge on any atom is 0.252 e. The van der Waals surface area contributed by atoms with Crippen LogP contribution >= 0.6 is 35.0 Å². The van der Waals surface area contributed by atoms with E-state index < -0.39 is 0 Å². The number of anilines is 1. The van der Waals surface area contributed by atoms with E-state index in [0.717, 1.165) is 32.3 Å². The van der Waals surface area contributed by atoms with Gasteiger partial charge in [0.2, 0.25) is 5.91 Å². The highest BCUT2D eigenvalue weighted by molar-refractivity contribution is 8.00. The third-order valence-corrected chi connectivity index (χ3v) is 7.58. The predicted octanol–water partition coefficient (Wildman–Crippen LogP) is 7.26. The molecule has 0 saturated carbocycles. The zero-order chi connectivity index (χ0) is 25.8.